The largest absolute Gasteiger partial charge is 0.394 e. The summed E-state index contributed by atoms with van der Waals surface area (Å²) in [5.41, 5.74) is 10.8. The summed E-state index contributed by atoms with van der Waals surface area (Å²) >= 11 is 0. The molecule has 0 amide bonds. The molecule has 1 fully saturated rings. The highest BCUT2D eigenvalue weighted by molar-refractivity contribution is 5.82. The number of hydrogen-bond acceptors (Lipinski definition) is 9. The van der Waals surface area contributed by atoms with Gasteiger partial charge in [-0.15, -0.1) is 0 Å². The molecule has 0 unspecified atom stereocenters. The van der Waals surface area contributed by atoms with Crippen molar-refractivity contribution in [2.24, 2.45) is 5.11 Å². The molecule has 1 saturated heterocycles. The first-order valence-corrected chi connectivity index (χ1v) is 8.80. The summed E-state index contributed by atoms with van der Waals surface area (Å²) in [4.78, 5) is 15.5. The molecule has 4 N–H and O–H groups in total. The van der Waals surface area contributed by atoms with Crippen LogP contribution in [-0.4, -0.2) is 59.8 Å². The number of aliphatic hydroxyl groups is 3. The summed E-state index contributed by atoms with van der Waals surface area (Å²) in [5.74, 6) is 0.486. The Morgan fingerprint density at radius 1 is 1.17 bits per heavy atom. The van der Waals surface area contributed by atoms with Gasteiger partial charge < -0.3 is 25.4 Å². The van der Waals surface area contributed by atoms with E-state index in [9.17, 15) is 15.3 Å². The minimum atomic E-state index is -1.23. The van der Waals surface area contributed by atoms with Crippen molar-refractivity contribution in [1.82, 2.24) is 19.5 Å². The number of ether oxygens (including phenoxy) is 1. The van der Waals surface area contributed by atoms with E-state index in [0.717, 1.165) is 5.56 Å². The lowest BCUT2D eigenvalue weighted by Crippen LogP contribution is -2.33. The third kappa shape index (κ3) is 3.58. The van der Waals surface area contributed by atoms with Crippen LogP contribution in [0.1, 0.15) is 11.8 Å². The van der Waals surface area contributed by atoms with Crippen LogP contribution in [-0.2, 0) is 11.3 Å². The zero-order valence-electron chi connectivity index (χ0n) is 15.1. The molecule has 0 bridgehead atoms. The van der Waals surface area contributed by atoms with E-state index >= 15 is 0 Å². The Morgan fingerprint density at radius 2 is 1.97 bits per heavy atom. The van der Waals surface area contributed by atoms with Gasteiger partial charge in [0.25, 0.3) is 0 Å². The number of aliphatic hydroxyl groups excluding tert-OH is 3. The molecule has 1 aliphatic rings. The van der Waals surface area contributed by atoms with Crippen LogP contribution in [0.25, 0.3) is 21.6 Å². The predicted molar refractivity (Wildman–Crippen MR) is 101 cm³/mol. The second-order valence-corrected chi connectivity index (χ2v) is 6.48. The smallest absolute Gasteiger partial charge is 0.167 e. The molecule has 0 saturated carbocycles. The fraction of sp³-hybridized carbons (Fsp3) is 0.353. The molecule has 12 nitrogen and oxygen atoms in total. The van der Waals surface area contributed by atoms with Gasteiger partial charge in [0, 0.05) is 17.1 Å². The molecule has 3 heterocycles. The fourth-order valence-corrected chi connectivity index (χ4v) is 3.20. The van der Waals surface area contributed by atoms with Crippen molar-refractivity contribution in [3.05, 3.63) is 52.9 Å². The summed E-state index contributed by atoms with van der Waals surface area (Å²) < 4.78 is 7.05. The molecular weight excluding hydrogens is 380 g/mol. The first-order valence-electron chi connectivity index (χ1n) is 8.80. The SMILES string of the molecule is [N-]=[N+]=Nc1ccc(CNc2ncnc3c2ncn3[C@@H]2O[C@H](CO)[C@@H](O)[C@H]2O)cc1. The molecule has 4 rings (SSSR count). The van der Waals surface area contributed by atoms with Gasteiger partial charge in [0.15, 0.2) is 23.2 Å². The molecule has 3 aromatic rings. The number of rotatable bonds is 6. The Bertz CT molecular complexity index is 1050. The number of azide groups is 1. The van der Waals surface area contributed by atoms with E-state index in [0.29, 0.717) is 29.2 Å². The first-order chi connectivity index (χ1) is 14.1. The minimum absolute atomic E-state index is 0.413. The number of nitrogens with one attached hydrogen (secondary N) is 1. The lowest BCUT2D eigenvalue weighted by molar-refractivity contribution is -0.0511. The molecule has 29 heavy (non-hydrogen) atoms. The lowest BCUT2D eigenvalue weighted by atomic mass is 10.1. The van der Waals surface area contributed by atoms with Crippen LogP contribution >= 0.6 is 0 Å². The van der Waals surface area contributed by atoms with Gasteiger partial charge in [0.1, 0.15) is 24.6 Å². The molecule has 1 aliphatic heterocycles. The van der Waals surface area contributed by atoms with E-state index in [-0.39, 0.29) is 0 Å². The second-order valence-electron chi connectivity index (χ2n) is 6.48. The van der Waals surface area contributed by atoms with Crippen LogP contribution in [0, 0.1) is 0 Å². The van der Waals surface area contributed by atoms with Crippen LogP contribution in [0.2, 0.25) is 0 Å². The van der Waals surface area contributed by atoms with Gasteiger partial charge in [-0.25, -0.2) is 15.0 Å². The number of aromatic nitrogens is 4. The summed E-state index contributed by atoms with van der Waals surface area (Å²) in [5, 5.41) is 36.2. The number of benzene rings is 1. The summed E-state index contributed by atoms with van der Waals surface area (Å²) in [6, 6.07) is 7.08. The van der Waals surface area contributed by atoms with Crippen LogP contribution in [0.4, 0.5) is 11.5 Å². The van der Waals surface area contributed by atoms with Crippen LogP contribution in [0.3, 0.4) is 0 Å². The third-order valence-corrected chi connectivity index (χ3v) is 4.71. The molecule has 0 spiro atoms. The van der Waals surface area contributed by atoms with Crippen LogP contribution in [0.15, 0.2) is 42.0 Å². The van der Waals surface area contributed by atoms with E-state index in [1.165, 1.54) is 17.2 Å². The maximum Gasteiger partial charge on any atom is 0.167 e. The van der Waals surface area contributed by atoms with Crippen molar-refractivity contribution in [2.75, 3.05) is 11.9 Å². The first kappa shape index (κ1) is 19.1. The van der Waals surface area contributed by atoms with Gasteiger partial charge in [-0.05, 0) is 11.1 Å². The molecule has 150 valence electrons. The Kier molecular flexibility index (Phi) is 5.25. The van der Waals surface area contributed by atoms with E-state index in [1.807, 2.05) is 12.1 Å². The Balaban J connectivity index is 1.55. The number of nitrogens with zero attached hydrogens (tertiary/aromatic N) is 7. The van der Waals surface area contributed by atoms with Gasteiger partial charge in [0.05, 0.1) is 12.9 Å². The standard InChI is InChI=1S/C17H18N8O4/c18-24-23-10-3-1-9(2-4-10)5-19-15-12-16(21-7-20-15)25(8-22-12)17-14(28)13(27)11(6-26)29-17/h1-4,7-8,11,13-14,17,26-28H,5-6H2,(H,19,20,21)/t11-,13-,14-,17-/m1/s1. The Morgan fingerprint density at radius 3 is 2.66 bits per heavy atom. The Labute approximate surface area is 164 Å². The summed E-state index contributed by atoms with van der Waals surface area (Å²) in [7, 11) is 0. The fourth-order valence-electron chi connectivity index (χ4n) is 3.20. The second kappa shape index (κ2) is 7.99. The third-order valence-electron chi connectivity index (χ3n) is 4.71. The van der Waals surface area contributed by atoms with Gasteiger partial charge in [-0.1, -0.05) is 29.4 Å². The predicted octanol–water partition coefficient (Wildman–Crippen LogP) is 0.992. The topological polar surface area (TPSA) is 174 Å². The van der Waals surface area contributed by atoms with E-state index in [1.54, 1.807) is 12.1 Å². The van der Waals surface area contributed by atoms with Crippen LogP contribution in [0.5, 0.6) is 0 Å². The van der Waals surface area contributed by atoms with Crippen molar-refractivity contribution in [1.29, 1.82) is 0 Å². The number of fused-ring (bicyclic) bond motifs is 1. The lowest BCUT2D eigenvalue weighted by Gasteiger charge is -2.16. The van der Waals surface area contributed by atoms with Crippen molar-refractivity contribution in [3.63, 3.8) is 0 Å². The zero-order valence-corrected chi connectivity index (χ0v) is 15.1. The molecule has 12 heteroatoms. The van der Waals surface area contributed by atoms with Crippen LogP contribution < -0.4 is 5.32 Å². The molecule has 4 atom stereocenters. The molecule has 1 aromatic carbocycles. The number of anilines is 1. The van der Waals surface area contributed by atoms with Gasteiger partial charge in [-0.2, -0.15) is 0 Å². The van der Waals surface area contributed by atoms with Gasteiger partial charge in [-0.3, -0.25) is 4.57 Å². The highest BCUT2D eigenvalue weighted by Crippen LogP contribution is 2.32. The number of imidazole rings is 1. The van der Waals surface area contributed by atoms with Crippen molar-refractivity contribution in [3.8, 4) is 0 Å². The quantitative estimate of drug-likeness (QED) is 0.270. The monoisotopic (exact) mass is 398 g/mol. The number of hydrogen-bond donors (Lipinski definition) is 4. The van der Waals surface area contributed by atoms with Crippen molar-refractivity contribution >= 4 is 22.7 Å². The molecule has 0 aliphatic carbocycles. The van der Waals surface area contributed by atoms with Gasteiger partial charge in [0.2, 0.25) is 0 Å². The molecule has 0 radical (unpaired) electrons. The minimum Gasteiger partial charge on any atom is -0.394 e. The van der Waals surface area contributed by atoms with E-state index < -0.39 is 31.1 Å². The van der Waals surface area contributed by atoms with Crippen molar-refractivity contribution < 1.29 is 20.1 Å². The average molecular weight is 398 g/mol. The molecular formula is C17H18N8O4. The van der Waals surface area contributed by atoms with Gasteiger partial charge >= 0.3 is 0 Å². The highest BCUT2D eigenvalue weighted by Gasteiger charge is 2.44. The van der Waals surface area contributed by atoms with Crippen molar-refractivity contribution in [2.45, 2.75) is 31.1 Å². The van der Waals surface area contributed by atoms with E-state index in [4.69, 9.17) is 10.3 Å². The summed E-state index contributed by atoms with van der Waals surface area (Å²) in [6.45, 7) is 0.0327. The highest BCUT2D eigenvalue weighted by atomic mass is 16.6. The summed E-state index contributed by atoms with van der Waals surface area (Å²) in [6.07, 6.45) is -1.46. The molecule has 2 aromatic heterocycles. The Hall–Kier alpha value is -3.28. The maximum absolute atomic E-state index is 10.2. The maximum atomic E-state index is 10.2. The normalized spacial score (nSPS) is 23.8. The average Bonchev–Trinajstić information content (AvgIpc) is 3.29. The van der Waals surface area contributed by atoms with E-state index in [2.05, 4.69) is 30.3 Å². The zero-order chi connectivity index (χ0) is 20.4.